The summed E-state index contributed by atoms with van der Waals surface area (Å²) in [4.78, 5) is 31.7. The number of likely N-dealkylation sites (tertiary alicyclic amines) is 1. The molecule has 7 heteroatoms. The molecule has 0 aromatic carbocycles. The summed E-state index contributed by atoms with van der Waals surface area (Å²) < 4.78 is 0. The van der Waals surface area contributed by atoms with Crippen molar-refractivity contribution in [3.63, 3.8) is 0 Å². The molecule has 140 valence electrons. The standard InChI is InChI=1S/C19H24N2O3S2/c1-19(2,15-12-26-17(20-15)14-6-4-10-25-14)18(24)21-9-3-5-13(11-21)7-8-16(22)23/h4,6,10,12-13H,3,5,7-9,11H2,1-2H3,(H,22,23). The molecule has 1 unspecified atom stereocenters. The van der Waals surface area contributed by atoms with Crippen LogP contribution in [-0.2, 0) is 15.0 Å². The highest BCUT2D eigenvalue weighted by Crippen LogP contribution is 2.34. The van der Waals surface area contributed by atoms with E-state index < -0.39 is 11.4 Å². The molecule has 3 rings (SSSR count). The van der Waals surface area contributed by atoms with Gasteiger partial charge in [-0.2, -0.15) is 0 Å². The molecular formula is C19H24N2O3S2. The van der Waals surface area contributed by atoms with Crippen LogP contribution in [0.1, 0.15) is 45.2 Å². The number of carbonyl (C=O) groups is 2. The van der Waals surface area contributed by atoms with Gasteiger partial charge < -0.3 is 10.0 Å². The molecule has 2 aromatic heterocycles. The lowest BCUT2D eigenvalue weighted by molar-refractivity contribution is -0.138. The Bertz CT molecular complexity index is 768. The van der Waals surface area contributed by atoms with Gasteiger partial charge in [0.1, 0.15) is 5.01 Å². The number of carboxylic acids is 1. The summed E-state index contributed by atoms with van der Waals surface area (Å²) in [5.41, 5.74) is 0.129. The molecule has 1 saturated heterocycles. The van der Waals surface area contributed by atoms with Crippen LogP contribution in [0.2, 0.25) is 0 Å². The minimum absolute atomic E-state index is 0.0838. The molecule has 1 N–H and O–H groups in total. The number of piperidine rings is 1. The van der Waals surface area contributed by atoms with E-state index in [1.165, 1.54) is 0 Å². The monoisotopic (exact) mass is 392 g/mol. The van der Waals surface area contributed by atoms with Gasteiger partial charge in [-0.3, -0.25) is 9.59 Å². The highest BCUT2D eigenvalue weighted by Gasteiger charge is 2.37. The number of aliphatic carboxylic acids is 1. The SMILES string of the molecule is CC(C)(C(=O)N1CCCC(CCC(=O)O)C1)c1csc(-c2cccs2)n1. The van der Waals surface area contributed by atoms with Gasteiger partial charge in [-0.1, -0.05) is 6.07 Å². The highest BCUT2D eigenvalue weighted by molar-refractivity contribution is 7.20. The van der Waals surface area contributed by atoms with E-state index in [9.17, 15) is 9.59 Å². The fraction of sp³-hybridized carbons (Fsp3) is 0.526. The number of thiophene rings is 1. The first-order valence-corrected chi connectivity index (χ1v) is 10.6. The van der Waals surface area contributed by atoms with Crippen LogP contribution in [-0.4, -0.2) is 40.0 Å². The minimum atomic E-state index is -0.766. The van der Waals surface area contributed by atoms with E-state index >= 15 is 0 Å². The lowest BCUT2D eigenvalue weighted by Crippen LogP contribution is -2.48. The Hall–Kier alpha value is -1.73. The van der Waals surface area contributed by atoms with Crippen molar-refractivity contribution in [3.8, 4) is 9.88 Å². The zero-order chi connectivity index (χ0) is 18.7. The predicted molar refractivity (Wildman–Crippen MR) is 105 cm³/mol. The topological polar surface area (TPSA) is 70.5 Å². The van der Waals surface area contributed by atoms with Crippen LogP contribution in [0.3, 0.4) is 0 Å². The van der Waals surface area contributed by atoms with Crippen LogP contribution in [0.15, 0.2) is 22.9 Å². The number of carbonyl (C=O) groups excluding carboxylic acids is 1. The molecule has 5 nitrogen and oxygen atoms in total. The number of thiazole rings is 1. The molecule has 1 aliphatic rings. The molecule has 0 spiro atoms. The van der Waals surface area contributed by atoms with Gasteiger partial charge in [-0.15, -0.1) is 22.7 Å². The van der Waals surface area contributed by atoms with Crippen LogP contribution in [0.25, 0.3) is 9.88 Å². The van der Waals surface area contributed by atoms with Crippen LogP contribution in [0.4, 0.5) is 0 Å². The molecule has 0 bridgehead atoms. The van der Waals surface area contributed by atoms with Crippen LogP contribution >= 0.6 is 22.7 Å². The lowest BCUT2D eigenvalue weighted by Gasteiger charge is -2.37. The van der Waals surface area contributed by atoms with Crippen molar-refractivity contribution in [2.75, 3.05) is 13.1 Å². The van der Waals surface area contributed by atoms with Crippen molar-refractivity contribution in [1.82, 2.24) is 9.88 Å². The maximum absolute atomic E-state index is 13.2. The Morgan fingerprint density at radius 2 is 2.19 bits per heavy atom. The summed E-state index contributed by atoms with van der Waals surface area (Å²) in [6.45, 7) is 5.26. The smallest absolute Gasteiger partial charge is 0.303 e. The van der Waals surface area contributed by atoms with Crippen LogP contribution in [0.5, 0.6) is 0 Å². The molecule has 1 amide bonds. The number of nitrogens with zero attached hydrogens (tertiary/aromatic N) is 2. The third kappa shape index (κ3) is 4.15. The summed E-state index contributed by atoms with van der Waals surface area (Å²) in [5, 5.41) is 13.9. The van der Waals surface area contributed by atoms with Gasteiger partial charge in [-0.25, -0.2) is 4.98 Å². The first-order valence-electron chi connectivity index (χ1n) is 8.89. The summed E-state index contributed by atoms with van der Waals surface area (Å²) in [7, 11) is 0. The first kappa shape index (κ1) is 19.0. The maximum Gasteiger partial charge on any atom is 0.303 e. The zero-order valence-corrected chi connectivity index (χ0v) is 16.7. The second kappa shape index (κ2) is 7.88. The van der Waals surface area contributed by atoms with Gasteiger partial charge in [0.2, 0.25) is 5.91 Å². The summed E-state index contributed by atoms with van der Waals surface area (Å²) in [5.74, 6) is -0.408. The fourth-order valence-corrected chi connectivity index (χ4v) is 5.19. The number of rotatable bonds is 6. The third-order valence-electron chi connectivity index (χ3n) is 4.98. The second-order valence-electron chi connectivity index (χ2n) is 7.33. The Kier molecular flexibility index (Phi) is 5.77. The van der Waals surface area contributed by atoms with E-state index in [-0.39, 0.29) is 18.2 Å². The van der Waals surface area contributed by atoms with Gasteiger partial charge >= 0.3 is 5.97 Å². The quantitative estimate of drug-likeness (QED) is 0.798. The molecular weight excluding hydrogens is 368 g/mol. The second-order valence-corrected chi connectivity index (χ2v) is 9.14. The predicted octanol–water partition coefficient (Wildman–Crippen LogP) is 4.25. The Balaban J connectivity index is 1.70. The van der Waals surface area contributed by atoms with Crippen molar-refractivity contribution in [2.45, 2.75) is 44.9 Å². The highest BCUT2D eigenvalue weighted by atomic mass is 32.1. The Morgan fingerprint density at radius 3 is 2.88 bits per heavy atom. The average molecular weight is 393 g/mol. The van der Waals surface area contributed by atoms with Gasteiger partial charge in [0.15, 0.2) is 0 Å². The number of hydrogen-bond acceptors (Lipinski definition) is 5. The van der Waals surface area contributed by atoms with E-state index in [0.717, 1.165) is 35.0 Å². The lowest BCUT2D eigenvalue weighted by atomic mass is 9.86. The van der Waals surface area contributed by atoms with E-state index in [1.54, 1.807) is 22.7 Å². The number of amides is 1. The fourth-order valence-electron chi connectivity index (χ4n) is 3.39. The van der Waals surface area contributed by atoms with Crippen molar-refractivity contribution in [1.29, 1.82) is 0 Å². The molecule has 26 heavy (non-hydrogen) atoms. The third-order valence-corrected chi connectivity index (χ3v) is 6.87. The average Bonchev–Trinajstić information content (AvgIpc) is 3.30. The molecule has 2 aromatic rings. The Labute approximate surface area is 161 Å². The first-order chi connectivity index (χ1) is 12.4. The number of aromatic nitrogens is 1. The van der Waals surface area contributed by atoms with Gasteiger partial charge in [0.05, 0.1) is 16.0 Å². The van der Waals surface area contributed by atoms with Crippen molar-refractivity contribution < 1.29 is 14.7 Å². The number of hydrogen-bond donors (Lipinski definition) is 1. The van der Waals surface area contributed by atoms with E-state index in [2.05, 4.69) is 0 Å². The van der Waals surface area contributed by atoms with Gasteiger partial charge in [-0.05, 0) is 50.5 Å². The van der Waals surface area contributed by atoms with Crippen molar-refractivity contribution in [3.05, 3.63) is 28.6 Å². The molecule has 0 radical (unpaired) electrons. The minimum Gasteiger partial charge on any atom is -0.481 e. The number of carboxylic acid groups (broad SMARTS) is 1. The molecule has 1 atom stereocenters. The maximum atomic E-state index is 13.2. The van der Waals surface area contributed by atoms with Crippen LogP contribution in [0, 0.1) is 5.92 Å². The van der Waals surface area contributed by atoms with E-state index in [0.29, 0.717) is 13.0 Å². The Morgan fingerprint density at radius 1 is 1.38 bits per heavy atom. The van der Waals surface area contributed by atoms with E-state index in [4.69, 9.17) is 10.1 Å². The molecule has 1 aliphatic heterocycles. The van der Waals surface area contributed by atoms with Crippen LogP contribution < -0.4 is 0 Å². The van der Waals surface area contributed by atoms with Gasteiger partial charge in [0, 0.05) is 24.9 Å². The van der Waals surface area contributed by atoms with E-state index in [1.807, 2.05) is 41.6 Å². The summed E-state index contributed by atoms with van der Waals surface area (Å²) in [6.07, 6.45) is 2.74. The normalized spacial score (nSPS) is 18.1. The van der Waals surface area contributed by atoms with Crippen molar-refractivity contribution >= 4 is 34.6 Å². The van der Waals surface area contributed by atoms with Gasteiger partial charge in [0.25, 0.3) is 0 Å². The zero-order valence-electron chi connectivity index (χ0n) is 15.1. The molecule has 3 heterocycles. The summed E-state index contributed by atoms with van der Waals surface area (Å²) in [6, 6.07) is 4.04. The molecule has 0 aliphatic carbocycles. The van der Waals surface area contributed by atoms with Crippen molar-refractivity contribution in [2.24, 2.45) is 5.92 Å². The molecule has 1 fully saturated rings. The largest absolute Gasteiger partial charge is 0.481 e. The molecule has 0 saturated carbocycles. The summed E-state index contributed by atoms with van der Waals surface area (Å²) >= 11 is 3.22.